The van der Waals surface area contributed by atoms with Crippen LogP contribution in [0, 0.1) is 0 Å². The van der Waals surface area contributed by atoms with E-state index in [2.05, 4.69) is 19.8 Å². The van der Waals surface area contributed by atoms with Crippen molar-refractivity contribution in [3.63, 3.8) is 0 Å². The minimum absolute atomic E-state index is 0.0412. The largest absolute Gasteiger partial charge is 0.465 e. The number of alkyl halides is 3. The van der Waals surface area contributed by atoms with Gasteiger partial charge in [-0.3, -0.25) is 14.6 Å². The van der Waals surface area contributed by atoms with Crippen LogP contribution in [0.25, 0.3) is 22.3 Å². The van der Waals surface area contributed by atoms with Gasteiger partial charge >= 0.3 is 12.1 Å². The van der Waals surface area contributed by atoms with Crippen LogP contribution in [0.15, 0.2) is 36.8 Å². The van der Waals surface area contributed by atoms with Gasteiger partial charge in [-0.05, 0) is 24.6 Å². The summed E-state index contributed by atoms with van der Waals surface area (Å²) in [5, 5.41) is 4.95. The fourth-order valence-corrected chi connectivity index (χ4v) is 2.49. The van der Waals surface area contributed by atoms with Gasteiger partial charge in [0.1, 0.15) is 5.52 Å². The van der Waals surface area contributed by atoms with Crippen molar-refractivity contribution in [2.75, 3.05) is 7.11 Å². The van der Waals surface area contributed by atoms with Gasteiger partial charge in [0.15, 0.2) is 0 Å². The molecule has 6 nitrogen and oxygen atoms in total. The van der Waals surface area contributed by atoms with Crippen LogP contribution in [0.5, 0.6) is 0 Å². The first kappa shape index (κ1) is 17.8. The lowest BCUT2D eigenvalue weighted by molar-refractivity contribution is -0.136. The lowest BCUT2D eigenvalue weighted by Crippen LogP contribution is -2.09. The Balaban J connectivity index is 1.82. The summed E-state index contributed by atoms with van der Waals surface area (Å²) in [4.78, 5) is 20.1. The molecular weight excluding hydrogens is 349 g/mol. The summed E-state index contributed by atoms with van der Waals surface area (Å²) in [6.45, 7) is 0.166. The fraction of sp³-hybridized carbons (Fsp3) is 0.294. The number of esters is 1. The van der Waals surface area contributed by atoms with E-state index in [-0.39, 0.29) is 13.0 Å². The molecule has 0 radical (unpaired) electrons. The molecule has 0 spiro atoms. The molecule has 0 N–H and O–H groups in total. The van der Waals surface area contributed by atoms with Gasteiger partial charge < -0.3 is 4.74 Å². The van der Waals surface area contributed by atoms with E-state index in [0.717, 1.165) is 5.39 Å². The number of carbonyl (C=O) groups is 1. The molecule has 3 rings (SSSR count). The second kappa shape index (κ2) is 7.11. The molecule has 0 bridgehead atoms. The predicted octanol–water partition coefficient (Wildman–Crippen LogP) is 3.62. The Morgan fingerprint density at radius 1 is 1.23 bits per heavy atom. The summed E-state index contributed by atoms with van der Waals surface area (Å²) in [6, 6.07) is 4.83. The smallest absolute Gasteiger partial charge is 0.389 e. The number of aromatic nitrogens is 4. The third kappa shape index (κ3) is 4.16. The Morgan fingerprint density at radius 3 is 2.73 bits per heavy atom. The maximum Gasteiger partial charge on any atom is 0.389 e. The number of methoxy groups -OCH3 is 1. The van der Waals surface area contributed by atoms with Gasteiger partial charge in [0.05, 0.1) is 30.3 Å². The van der Waals surface area contributed by atoms with Crippen molar-refractivity contribution < 1.29 is 22.7 Å². The molecule has 0 atom stereocenters. The third-order valence-electron chi connectivity index (χ3n) is 3.73. The van der Waals surface area contributed by atoms with Crippen LogP contribution < -0.4 is 0 Å². The zero-order chi connectivity index (χ0) is 18.7. The van der Waals surface area contributed by atoms with Crippen molar-refractivity contribution in [3.05, 3.63) is 42.4 Å². The number of hydrogen-bond acceptors (Lipinski definition) is 5. The van der Waals surface area contributed by atoms with Crippen LogP contribution in [0.3, 0.4) is 0 Å². The van der Waals surface area contributed by atoms with Crippen molar-refractivity contribution in [1.82, 2.24) is 19.7 Å². The summed E-state index contributed by atoms with van der Waals surface area (Å²) in [5.74, 6) is -0.479. The van der Waals surface area contributed by atoms with E-state index in [1.807, 2.05) is 0 Å². The van der Waals surface area contributed by atoms with Gasteiger partial charge in [-0.2, -0.15) is 18.3 Å². The van der Waals surface area contributed by atoms with E-state index >= 15 is 0 Å². The number of pyridine rings is 2. The van der Waals surface area contributed by atoms with E-state index in [9.17, 15) is 18.0 Å². The first-order chi connectivity index (χ1) is 12.4. The standard InChI is InChI=1S/C17H15F3N4O2/c1-26-16(25)11-3-5-21-13(7-11)14-8-12-10-24(23-15(12)9-22-14)6-2-4-17(18,19)20/h3,5,7-10H,2,4,6H2,1H3. The molecule has 0 unspecified atom stereocenters. The number of rotatable bonds is 5. The molecule has 9 heteroatoms. The highest BCUT2D eigenvalue weighted by Crippen LogP contribution is 2.23. The van der Waals surface area contributed by atoms with Crippen LogP contribution in [0.4, 0.5) is 13.2 Å². The maximum atomic E-state index is 12.2. The molecule has 0 aromatic carbocycles. The minimum atomic E-state index is -4.17. The molecule has 136 valence electrons. The van der Waals surface area contributed by atoms with Crippen molar-refractivity contribution in [1.29, 1.82) is 0 Å². The molecule has 3 aromatic rings. The first-order valence-corrected chi connectivity index (χ1v) is 7.80. The molecular formula is C17H15F3N4O2. The molecule has 0 aliphatic heterocycles. The van der Waals surface area contributed by atoms with Crippen LogP contribution in [0.2, 0.25) is 0 Å². The highest BCUT2D eigenvalue weighted by atomic mass is 19.4. The van der Waals surface area contributed by atoms with E-state index < -0.39 is 18.6 Å². The Morgan fingerprint density at radius 2 is 2.00 bits per heavy atom. The zero-order valence-electron chi connectivity index (χ0n) is 13.8. The maximum absolute atomic E-state index is 12.2. The number of fused-ring (bicyclic) bond motifs is 1. The molecule has 3 aromatic heterocycles. The summed E-state index contributed by atoms with van der Waals surface area (Å²) in [5.41, 5.74) is 1.94. The topological polar surface area (TPSA) is 69.9 Å². The molecule has 0 fully saturated rings. The summed E-state index contributed by atoms with van der Waals surface area (Å²) < 4.78 is 42.9. The van der Waals surface area contributed by atoms with E-state index in [1.54, 1.807) is 18.3 Å². The van der Waals surface area contributed by atoms with Crippen molar-refractivity contribution >= 4 is 16.9 Å². The predicted molar refractivity (Wildman–Crippen MR) is 87.4 cm³/mol. The second-order valence-corrected chi connectivity index (χ2v) is 5.66. The average Bonchev–Trinajstić information content (AvgIpc) is 3.01. The number of ether oxygens (including phenoxy) is 1. The quantitative estimate of drug-likeness (QED) is 0.647. The van der Waals surface area contributed by atoms with Crippen LogP contribution in [0.1, 0.15) is 23.2 Å². The number of carbonyl (C=O) groups excluding carboxylic acids is 1. The lowest BCUT2D eigenvalue weighted by atomic mass is 10.1. The van der Waals surface area contributed by atoms with Crippen molar-refractivity contribution in [2.45, 2.75) is 25.6 Å². The molecule has 0 saturated heterocycles. The summed E-state index contributed by atoms with van der Waals surface area (Å²) in [6.07, 6.45) is -0.387. The van der Waals surface area contributed by atoms with Crippen molar-refractivity contribution in [2.24, 2.45) is 0 Å². The van der Waals surface area contributed by atoms with Crippen molar-refractivity contribution in [3.8, 4) is 11.4 Å². The molecule has 0 amide bonds. The Labute approximate surface area is 146 Å². The number of nitrogens with zero attached hydrogens (tertiary/aromatic N) is 4. The second-order valence-electron chi connectivity index (χ2n) is 5.66. The molecule has 0 saturated carbocycles. The highest BCUT2D eigenvalue weighted by Gasteiger charge is 2.26. The van der Waals surface area contributed by atoms with E-state index in [1.165, 1.54) is 30.3 Å². The highest BCUT2D eigenvalue weighted by molar-refractivity contribution is 5.90. The van der Waals surface area contributed by atoms with Gasteiger partial charge in [0.25, 0.3) is 0 Å². The first-order valence-electron chi connectivity index (χ1n) is 7.80. The summed E-state index contributed by atoms with van der Waals surface area (Å²) >= 11 is 0. The fourth-order valence-electron chi connectivity index (χ4n) is 2.49. The van der Waals surface area contributed by atoms with Gasteiger partial charge in [-0.1, -0.05) is 0 Å². The Hall–Kier alpha value is -2.97. The average molecular weight is 364 g/mol. The van der Waals surface area contributed by atoms with Crippen LogP contribution >= 0.6 is 0 Å². The summed E-state index contributed by atoms with van der Waals surface area (Å²) in [7, 11) is 1.29. The van der Waals surface area contributed by atoms with Gasteiger partial charge in [-0.15, -0.1) is 0 Å². The minimum Gasteiger partial charge on any atom is -0.465 e. The normalized spacial score (nSPS) is 11.7. The molecule has 3 heterocycles. The van der Waals surface area contributed by atoms with Gasteiger partial charge in [-0.25, -0.2) is 4.79 Å². The number of hydrogen-bond donors (Lipinski definition) is 0. The Bertz CT molecular complexity index is 937. The zero-order valence-corrected chi connectivity index (χ0v) is 13.8. The molecule has 0 aliphatic carbocycles. The molecule has 26 heavy (non-hydrogen) atoms. The molecule has 0 aliphatic rings. The monoisotopic (exact) mass is 364 g/mol. The number of aryl methyl sites for hydroxylation is 1. The third-order valence-corrected chi connectivity index (χ3v) is 3.73. The van der Waals surface area contributed by atoms with Gasteiger partial charge in [0, 0.05) is 30.7 Å². The van der Waals surface area contributed by atoms with Crippen LogP contribution in [-0.4, -0.2) is 39.0 Å². The number of halogens is 3. The Kier molecular flexibility index (Phi) is 4.88. The lowest BCUT2D eigenvalue weighted by Gasteiger charge is -2.05. The van der Waals surface area contributed by atoms with E-state index in [4.69, 9.17) is 0 Å². The van der Waals surface area contributed by atoms with Crippen LogP contribution in [-0.2, 0) is 11.3 Å². The van der Waals surface area contributed by atoms with E-state index in [0.29, 0.717) is 22.5 Å². The SMILES string of the molecule is COC(=O)c1ccnc(-c2cc3cn(CCCC(F)(F)F)nc3cn2)c1. The van der Waals surface area contributed by atoms with Gasteiger partial charge in [0.2, 0.25) is 0 Å².